The average molecular weight is 337 g/mol. The molecule has 0 aliphatic carbocycles. The molecule has 6 heteroatoms. The van der Waals surface area contributed by atoms with Crippen LogP contribution >= 0.6 is 22.9 Å². The van der Waals surface area contributed by atoms with Gasteiger partial charge in [0.05, 0.1) is 5.41 Å². The molecule has 2 aromatic rings. The fourth-order valence-corrected chi connectivity index (χ4v) is 3.98. The van der Waals surface area contributed by atoms with E-state index in [-0.39, 0.29) is 0 Å². The molecule has 3 rings (SSSR count). The first-order valence-electron chi connectivity index (χ1n) is 7.21. The zero-order chi connectivity index (χ0) is 15.6. The van der Waals surface area contributed by atoms with E-state index in [1.807, 2.05) is 23.6 Å². The lowest BCUT2D eigenvalue weighted by Gasteiger charge is -2.40. The zero-order valence-corrected chi connectivity index (χ0v) is 13.6. The van der Waals surface area contributed by atoms with E-state index in [4.69, 9.17) is 11.6 Å². The molecule has 1 aliphatic rings. The van der Waals surface area contributed by atoms with Gasteiger partial charge in [-0.15, -0.1) is 11.3 Å². The summed E-state index contributed by atoms with van der Waals surface area (Å²) in [5.41, 5.74) is 0.185. The Morgan fingerprint density at radius 3 is 3.05 bits per heavy atom. The van der Waals surface area contributed by atoms with Crippen LogP contribution in [0.5, 0.6) is 0 Å². The normalized spacial score (nSPS) is 21.8. The minimum absolute atomic E-state index is 0.488. The van der Waals surface area contributed by atoms with Crippen LogP contribution < -0.4 is 4.90 Å². The first-order valence-corrected chi connectivity index (χ1v) is 8.47. The summed E-state index contributed by atoms with van der Waals surface area (Å²) in [7, 11) is 0. The molecule has 1 saturated heterocycles. The molecule has 1 aromatic heterocycles. The highest BCUT2D eigenvalue weighted by molar-refractivity contribution is 7.13. The Labute approximate surface area is 138 Å². The predicted molar refractivity (Wildman–Crippen MR) is 88.8 cm³/mol. The van der Waals surface area contributed by atoms with Gasteiger partial charge in [-0.05, 0) is 37.0 Å². The predicted octanol–water partition coefficient (Wildman–Crippen LogP) is 3.71. The second kappa shape index (κ2) is 6.26. The number of aliphatic carboxylic acids is 1. The van der Waals surface area contributed by atoms with Crippen molar-refractivity contribution < 1.29 is 9.90 Å². The van der Waals surface area contributed by atoms with Crippen LogP contribution in [0.1, 0.15) is 18.4 Å². The Morgan fingerprint density at radius 2 is 2.36 bits per heavy atom. The smallest absolute Gasteiger partial charge is 0.311 e. The molecule has 0 radical (unpaired) electrons. The molecule has 1 unspecified atom stereocenters. The Morgan fingerprint density at radius 1 is 1.50 bits per heavy atom. The van der Waals surface area contributed by atoms with Crippen LogP contribution in [0.3, 0.4) is 0 Å². The fraction of sp³-hybridized carbons (Fsp3) is 0.375. The highest BCUT2D eigenvalue weighted by Gasteiger charge is 2.43. The van der Waals surface area contributed by atoms with Crippen LogP contribution in [-0.4, -0.2) is 29.1 Å². The fourth-order valence-electron chi connectivity index (χ4n) is 3.10. The molecule has 1 aromatic carbocycles. The van der Waals surface area contributed by atoms with Gasteiger partial charge in [-0.2, -0.15) is 0 Å². The third kappa shape index (κ3) is 3.10. The summed E-state index contributed by atoms with van der Waals surface area (Å²) >= 11 is 7.58. The first-order chi connectivity index (χ1) is 10.6. The van der Waals surface area contributed by atoms with Crippen LogP contribution in [0.15, 0.2) is 35.8 Å². The summed E-state index contributed by atoms with van der Waals surface area (Å²) in [6, 6.07) is 7.48. The van der Waals surface area contributed by atoms with Crippen LogP contribution in [-0.2, 0) is 11.2 Å². The largest absolute Gasteiger partial charge is 0.481 e. The van der Waals surface area contributed by atoms with Gasteiger partial charge in [0.15, 0.2) is 5.13 Å². The van der Waals surface area contributed by atoms with Crippen LogP contribution in [0.2, 0.25) is 5.02 Å². The molecule has 2 heterocycles. The van der Waals surface area contributed by atoms with Crippen molar-refractivity contribution in [3.8, 4) is 0 Å². The number of piperidine rings is 1. The van der Waals surface area contributed by atoms with Gasteiger partial charge in [0, 0.05) is 29.7 Å². The second-order valence-electron chi connectivity index (χ2n) is 5.73. The summed E-state index contributed by atoms with van der Waals surface area (Å²) in [5.74, 6) is -0.742. The standard InChI is InChI=1S/C16H17ClN2O2S/c17-13-4-1-3-12(9-13)10-16(14(20)21)5-2-7-19(11-16)15-18-6-8-22-15/h1,3-4,6,8-9H,2,5,7,10-11H2,(H,20,21). The van der Waals surface area contributed by atoms with Gasteiger partial charge in [-0.25, -0.2) is 4.98 Å². The van der Waals surface area contributed by atoms with E-state index in [1.54, 1.807) is 23.6 Å². The minimum Gasteiger partial charge on any atom is -0.481 e. The van der Waals surface area contributed by atoms with Gasteiger partial charge in [0.2, 0.25) is 0 Å². The number of carboxylic acids is 1. The molecule has 0 spiro atoms. The maximum Gasteiger partial charge on any atom is 0.311 e. The van der Waals surface area contributed by atoms with Crippen LogP contribution in [0.4, 0.5) is 5.13 Å². The maximum atomic E-state index is 12.0. The number of hydrogen-bond acceptors (Lipinski definition) is 4. The first kappa shape index (κ1) is 15.3. The third-order valence-electron chi connectivity index (χ3n) is 4.15. The van der Waals surface area contributed by atoms with E-state index in [0.717, 1.165) is 23.7 Å². The number of halogens is 1. The summed E-state index contributed by atoms with van der Waals surface area (Å²) in [4.78, 5) is 18.4. The van der Waals surface area contributed by atoms with E-state index < -0.39 is 11.4 Å². The number of anilines is 1. The lowest BCUT2D eigenvalue weighted by molar-refractivity contribution is -0.149. The SMILES string of the molecule is O=C(O)C1(Cc2cccc(Cl)c2)CCCN(c2nccs2)C1. The molecule has 0 saturated carbocycles. The Bertz CT molecular complexity index is 662. The maximum absolute atomic E-state index is 12.0. The minimum atomic E-state index is -0.783. The van der Waals surface area contributed by atoms with Crippen molar-refractivity contribution >= 4 is 34.0 Å². The Kier molecular flexibility index (Phi) is 4.36. The van der Waals surface area contributed by atoms with Gasteiger partial charge in [0.1, 0.15) is 0 Å². The van der Waals surface area contributed by atoms with E-state index >= 15 is 0 Å². The Balaban J connectivity index is 1.86. The lowest BCUT2D eigenvalue weighted by atomic mass is 9.75. The topological polar surface area (TPSA) is 53.4 Å². The van der Waals surface area contributed by atoms with E-state index in [9.17, 15) is 9.90 Å². The average Bonchev–Trinajstić information content (AvgIpc) is 3.01. The zero-order valence-electron chi connectivity index (χ0n) is 12.0. The Hall–Kier alpha value is -1.59. The number of rotatable bonds is 4. The van der Waals surface area contributed by atoms with Crippen LogP contribution in [0, 0.1) is 5.41 Å². The number of benzene rings is 1. The van der Waals surface area contributed by atoms with Gasteiger partial charge in [0.25, 0.3) is 0 Å². The van der Waals surface area contributed by atoms with E-state index in [0.29, 0.717) is 24.4 Å². The summed E-state index contributed by atoms with van der Waals surface area (Å²) in [5, 5.41) is 13.3. The lowest BCUT2D eigenvalue weighted by Crippen LogP contribution is -2.49. The molecule has 1 atom stereocenters. The number of carboxylic acid groups (broad SMARTS) is 1. The molecule has 116 valence electrons. The molecule has 4 nitrogen and oxygen atoms in total. The van der Waals surface area contributed by atoms with Gasteiger partial charge >= 0.3 is 5.97 Å². The van der Waals surface area contributed by atoms with Crippen molar-refractivity contribution in [2.75, 3.05) is 18.0 Å². The quantitative estimate of drug-likeness (QED) is 0.924. The van der Waals surface area contributed by atoms with Crippen molar-refractivity contribution in [2.24, 2.45) is 5.41 Å². The number of carbonyl (C=O) groups is 1. The highest BCUT2D eigenvalue weighted by atomic mass is 35.5. The van der Waals surface area contributed by atoms with Crippen LogP contribution in [0.25, 0.3) is 0 Å². The molecule has 1 N–H and O–H groups in total. The highest BCUT2D eigenvalue weighted by Crippen LogP contribution is 2.37. The van der Waals surface area contributed by atoms with Crippen molar-refractivity contribution in [2.45, 2.75) is 19.3 Å². The number of aromatic nitrogens is 1. The molecule has 1 fully saturated rings. The monoisotopic (exact) mass is 336 g/mol. The third-order valence-corrected chi connectivity index (χ3v) is 5.22. The summed E-state index contributed by atoms with van der Waals surface area (Å²) in [6.07, 6.45) is 3.78. The molecule has 0 amide bonds. The van der Waals surface area contributed by atoms with Crippen molar-refractivity contribution in [3.63, 3.8) is 0 Å². The number of thiazole rings is 1. The second-order valence-corrected chi connectivity index (χ2v) is 7.04. The van der Waals surface area contributed by atoms with Crippen molar-refractivity contribution in [1.82, 2.24) is 4.98 Å². The molecule has 0 bridgehead atoms. The van der Waals surface area contributed by atoms with E-state index in [2.05, 4.69) is 9.88 Å². The summed E-state index contributed by atoms with van der Waals surface area (Å²) in [6.45, 7) is 1.35. The number of nitrogens with zero attached hydrogens (tertiary/aromatic N) is 2. The number of hydrogen-bond donors (Lipinski definition) is 1. The van der Waals surface area contributed by atoms with E-state index in [1.165, 1.54) is 0 Å². The van der Waals surface area contributed by atoms with Gasteiger partial charge < -0.3 is 10.0 Å². The summed E-state index contributed by atoms with van der Waals surface area (Å²) < 4.78 is 0. The van der Waals surface area contributed by atoms with Gasteiger partial charge in [-0.3, -0.25) is 4.79 Å². The van der Waals surface area contributed by atoms with Crippen molar-refractivity contribution in [1.29, 1.82) is 0 Å². The van der Waals surface area contributed by atoms with Gasteiger partial charge in [-0.1, -0.05) is 23.7 Å². The molecule has 22 heavy (non-hydrogen) atoms. The van der Waals surface area contributed by atoms with Crippen molar-refractivity contribution in [3.05, 3.63) is 46.4 Å². The molecular formula is C16H17ClN2O2S. The molecular weight excluding hydrogens is 320 g/mol. The molecule has 1 aliphatic heterocycles.